The fourth-order valence-electron chi connectivity index (χ4n) is 5.12. The minimum Gasteiger partial charge on any atom is -0.433 e. The number of carbonyl (C=O) groups excluding carboxylic acids is 1. The molecule has 1 fully saturated rings. The number of amides is 1. The Morgan fingerprint density at radius 2 is 1.85 bits per heavy atom. The number of nitrogens with zero attached hydrogens (tertiary/aromatic N) is 1. The summed E-state index contributed by atoms with van der Waals surface area (Å²) in [5.74, 6) is 2.20. The van der Waals surface area contributed by atoms with Gasteiger partial charge in [0.2, 0.25) is 5.91 Å². The third-order valence-corrected chi connectivity index (χ3v) is 9.85. The standard InChI is InChI=1S/C30H32F6N4O4S2/c1-17(2)40-12-9-19(10-13-40)38-23-7-4-6-20-21(16-30(34,35)36)26(45-28(20)23)8-5-11-37-24-14-22(31)27(15-25(24)44-29(32)33)46(42,43)39-18(3)41/h4,6-7,14-15,17,19,29,37-38H,9-13,16H2,1-3H3,(H,39,41). The molecule has 0 atom stereocenters. The first-order chi connectivity index (χ1) is 21.5. The van der Waals surface area contributed by atoms with Crippen molar-refractivity contribution in [2.75, 3.05) is 30.3 Å². The van der Waals surface area contributed by atoms with Gasteiger partial charge in [0, 0.05) is 44.2 Å². The average Bonchev–Trinajstić information content (AvgIpc) is 3.28. The second-order valence-electron chi connectivity index (χ2n) is 10.9. The molecule has 0 bridgehead atoms. The number of likely N-dealkylation sites (tertiary alicyclic amines) is 1. The van der Waals surface area contributed by atoms with E-state index in [4.69, 9.17) is 0 Å². The SMILES string of the molecule is CC(=O)NS(=O)(=O)c1cc(OC(F)F)c(NCC#Cc2sc3c(NC4CCN(C(C)C)CC4)cccc3c2CC(F)(F)F)cc1F. The van der Waals surface area contributed by atoms with Gasteiger partial charge >= 0.3 is 12.8 Å². The van der Waals surface area contributed by atoms with Gasteiger partial charge in [0.15, 0.2) is 5.75 Å². The van der Waals surface area contributed by atoms with Gasteiger partial charge in [-0.1, -0.05) is 24.0 Å². The van der Waals surface area contributed by atoms with E-state index in [9.17, 15) is 39.6 Å². The Labute approximate surface area is 266 Å². The smallest absolute Gasteiger partial charge is 0.393 e. The van der Waals surface area contributed by atoms with Crippen molar-refractivity contribution in [3.8, 4) is 17.6 Å². The third-order valence-electron chi connectivity index (χ3n) is 7.20. The van der Waals surface area contributed by atoms with Gasteiger partial charge in [-0.05, 0) is 43.7 Å². The van der Waals surface area contributed by atoms with Crippen molar-refractivity contribution < 1.29 is 44.3 Å². The third kappa shape index (κ3) is 8.98. The number of nitrogens with one attached hydrogen (secondary N) is 3. The Kier molecular flexibility index (Phi) is 11.0. The van der Waals surface area contributed by atoms with Crippen LogP contribution in [0.2, 0.25) is 0 Å². The molecule has 46 heavy (non-hydrogen) atoms. The summed E-state index contributed by atoms with van der Waals surface area (Å²) in [6.45, 7) is 3.17. The highest BCUT2D eigenvalue weighted by Gasteiger charge is 2.31. The first-order valence-electron chi connectivity index (χ1n) is 14.2. The summed E-state index contributed by atoms with van der Waals surface area (Å²) in [4.78, 5) is 12.6. The Morgan fingerprint density at radius 1 is 1.15 bits per heavy atom. The zero-order valence-electron chi connectivity index (χ0n) is 25.0. The lowest BCUT2D eigenvalue weighted by atomic mass is 10.0. The van der Waals surface area contributed by atoms with E-state index in [2.05, 4.69) is 46.0 Å². The largest absolute Gasteiger partial charge is 0.433 e. The van der Waals surface area contributed by atoms with E-state index in [1.54, 1.807) is 12.1 Å². The zero-order valence-corrected chi connectivity index (χ0v) is 26.7. The summed E-state index contributed by atoms with van der Waals surface area (Å²) in [6.07, 6.45) is -3.98. The molecule has 2 aromatic carbocycles. The van der Waals surface area contributed by atoms with Crippen LogP contribution in [0.5, 0.6) is 5.75 Å². The lowest BCUT2D eigenvalue weighted by Gasteiger charge is -2.35. The normalized spacial score (nSPS) is 14.8. The van der Waals surface area contributed by atoms with Gasteiger partial charge in [0.25, 0.3) is 10.0 Å². The van der Waals surface area contributed by atoms with Gasteiger partial charge in [-0.15, -0.1) is 11.3 Å². The predicted octanol–water partition coefficient (Wildman–Crippen LogP) is 6.32. The van der Waals surface area contributed by atoms with Gasteiger partial charge in [0.1, 0.15) is 10.7 Å². The Hall–Kier alpha value is -3.68. The van der Waals surface area contributed by atoms with E-state index in [1.165, 1.54) is 4.72 Å². The van der Waals surface area contributed by atoms with Crippen LogP contribution in [0.4, 0.5) is 37.7 Å². The Morgan fingerprint density at radius 3 is 2.46 bits per heavy atom. The zero-order chi connectivity index (χ0) is 33.8. The molecule has 0 aliphatic carbocycles. The van der Waals surface area contributed by atoms with Crippen LogP contribution in [0.15, 0.2) is 35.2 Å². The van der Waals surface area contributed by atoms with E-state index in [0.29, 0.717) is 33.9 Å². The number of hydrogen-bond acceptors (Lipinski definition) is 8. The van der Waals surface area contributed by atoms with E-state index in [-0.39, 0.29) is 23.0 Å². The van der Waals surface area contributed by atoms with Crippen LogP contribution in [0.1, 0.15) is 44.1 Å². The first kappa shape index (κ1) is 35.2. The minimum absolute atomic E-state index is 0.00132. The van der Waals surface area contributed by atoms with Crippen molar-refractivity contribution in [3.63, 3.8) is 0 Å². The number of fused-ring (bicyclic) bond motifs is 1. The molecule has 4 rings (SSSR count). The molecule has 250 valence electrons. The highest BCUT2D eigenvalue weighted by molar-refractivity contribution is 7.90. The van der Waals surface area contributed by atoms with E-state index in [1.807, 2.05) is 6.07 Å². The van der Waals surface area contributed by atoms with Crippen molar-refractivity contribution in [3.05, 3.63) is 46.6 Å². The fourth-order valence-corrected chi connectivity index (χ4v) is 7.36. The second kappa shape index (κ2) is 14.4. The number of hydrogen-bond donors (Lipinski definition) is 3. The summed E-state index contributed by atoms with van der Waals surface area (Å²) in [5.41, 5.74) is 0.313. The van der Waals surface area contributed by atoms with Crippen molar-refractivity contribution in [1.29, 1.82) is 0 Å². The van der Waals surface area contributed by atoms with Crippen molar-refractivity contribution in [2.24, 2.45) is 0 Å². The molecule has 1 saturated heterocycles. The number of halogens is 6. The Balaban J connectivity index is 1.61. The number of rotatable bonds is 10. The molecular formula is C30H32F6N4O4S2. The molecule has 3 aromatic rings. The summed E-state index contributed by atoms with van der Waals surface area (Å²) >= 11 is 1.10. The van der Waals surface area contributed by atoms with Gasteiger partial charge in [-0.3, -0.25) is 4.79 Å². The monoisotopic (exact) mass is 690 g/mol. The van der Waals surface area contributed by atoms with Crippen LogP contribution >= 0.6 is 11.3 Å². The van der Waals surface area contributed by atoms with Crippen molar-refractivity contribution in [1.82, 2.24) is 9.62 Å². The molecule has 1 aliphatic heterocycles. The molecule has 1 amide bonds. The molecule has 0 spiro atoms. The average molecular weight is 691 g/mol. The van der Waals surface area contributed by atoms with Crippen LogP contribution in [0.25, 0.3) is 10.1 Å². The topological polar surface area (TPSA) is 99.8 Å². The number of ether oxygens (including phenoxy) is 1. The lowest BCUT2D eigenvalue weighted by Crippen LogP contribution is -2.42. The minimum atomic E-state index is -4.73. The number of anilines is 2. The number of thiophene rings is 1. The maximum atomic E-state index is 14.7. The van der Waals surface area contributed by atoms with Crippen LogP contribution in [-0.2, 0) is 21.2 Å². The number of benzene rings is 2. The maximum absolute atomic E-state index is 14.7. The molecule has 0 saturated carbocycles. The molecule has 1 aromatic heterocycles. The van der Waals surface area contributed by atoms with E-state index < -0.39 is 57.3 Å². The Bertz CT molecular complexity index is 1740. The van der Waals surface area contributed by atoms with Crippen molar-refractivity contribution in [2.45, 2.75) is 69.8 Å². The molecule has 16 heteroatoms. The summed E-state index contributed by atoms with van der Waals surface area (Å²) < 4.78 is 113. The molecule has 0 unspecified atom stereocenters. The van der Waals surface area contributed by atoms with Crippen LogP contribution in [0, 0.1) is 17.7 Å². The molecule has 2 heterocycles. The van der Waals surface area contributed by atoms with Crippen LogP contribution in [0.3, 0.4) is 0 Å². The molecule has 1 aliphatic rings. The van der Waals surface area contributed by atoms with Gasteiger partial charge in [-0.25, -0.2) is 17.5 Å². The maximum Gasteiger partial charge on any atom is 0.393 e. The number of carbonyl (C=O) groups is 1. The van der Waals surface area contributed by atoms with E-state index in [0.717, 1.165) is 44.2 Å². The highest BCUT2D eigenvalue weighted by atomic mass is 32.2. The van der Waals surface area contributed by atoms with Gasteiger partial charge < -0.3 is 20.3 Å². The summed E-state index contributed by atoms with van der Waals surface area (Å²) in [6, 6.07) is 6.75. The lowest BCUT2D eigenvalue weighted by molar-refractivity contribution is -0.127. The first-order valence-corrected chi connectivity index (χ1v) is 16.5. The number of piperidine rings is 1. The second-order valence-corrected chi connectivity index (χ2v) is 13.6. The van der Waals surface area contributed by atoms with Gasteiger partial charge in [-0.2, -0.15) is 22.0 Å². The quantitative estimate of drug-likeness (QED) is 0.169. The van der Waals surface area contributed by atoms with Crippen LogP contribution < -0.4 is 20.1 Å². The van der Waals surface area contributed by atoms with E-state index >= 15 is 0 Å². The van der Waals surface area contributed by atoms with Crippen LogP contribution in [-0.4, -0.2) is 63.7 Å². The summed E-state index contributed by atoms with van der Waals surface area (Å²) in [7, 11) is -4.73. The number of alkyl halides is 5. The molecular weight excluding hydrogens is 658 g/mol. The summed E-state index contributed by atoms with van der Waals surface area (Å²) in [5, 5.41) is 6.44. The fraction of sp³-hybridized carbons (Fsp3) is 0.433. The van der Waals surface area contributed by atoms with Gasteiger partial charge in [0.05, 0.1) is 33.9 Å². The molecule has 0 radical (unpaired) electrons. The molecule has 8 nitrogen and oxygen atoms in total. The number of sulfonamides is 1. The molecule has 3 N–H and O–H groups in total. The highest BCUT2D eigenvalue weighted by Crippen LogP contribution is 2.39. The predicted molar refractivity (Wildman–Crippen MR) is 164 cm³/mol. The van der Waals surface area contributed by atoms with Crippen molar-refractivity contribution >= 4 is 48.7 Å².